The number of nitrogens with one attached hydrogen (secondary N) is 2. The molecule has 0 aromatic heterocycles. The second-order valence-corrected chi connectivity index (χ2v) is 6.56. The van der Waals surface area contributed by atoms with Crippen LogP contribution in [0.5, 0.6) is 0 Å². The number of fused-ring (bicyclic) bond motifs is 1. The summed E-state index contributed by atoms with van der Waals surface area (Å²) in [5.74, 6) is -0.842. The zero-order valence-electron chi connectivity index (χ0n) is 15.0. The molecule has 0 bridgehead atoms. The van der Waals surface area contributed by atoms with Gasteiger partial charge in [0.15, 0.2) is 0 Å². The molecule has 3 aromatic carbocycles. The molecule has 0 aliphatic carbocycles. The molecule has 0 atom stereocenters. The van der Waals surface area contributed by atoms with E-state index >= 15 is 0 Å². The summed E-state index contributed by atoms with van der Waals surface area (Å²) in [5.41, 5.74) is 0.810. The summed E-state index contributed by atoms with van der Waals surface area (Å²) in [6.07, 6.45) is -4.53. The summed E-state index contributed by atoms with van der Waals surface area (Å²) in [6.45, 7) is 0.0880. The first-order chi connectivity index (χ1) is 13.9. The standard InChI is InChI=1S/C22H15F3N2O2/c23-22(24,25)17-9-5-4-8-15(17)14-10-11-18(19-16(14)12-26-21(19)29)27-20(28)13-6-2-1-3-7-13/h1-11H,12H2,(H,26,29)(H,27,28). The number of benzene rings is 3. The van der Waals surface area contributed by atoms with Gasteiger partial charge in [-0.1, -0.05) is 42.5 Å². The van der Waals surface area contributed by atoms with Crippen LogP contribution in [-0.2, 0) is 12.7 Å². The van der Waals surface area contributed by atoms with Crippen molar-refractivity contribution in [2.24, 2.45) is 0 Å². The molecule has 0 spiro atoms. The molecule has 0 unspecified atom stereocenters. The molecule has 0 saturated heterocycles. The molecule has 7 heteroatoms. The summed E-state index contributed by atoms with van der Waals surface area (Å²) in [5, 5.41) is 5.33. The fraction of sp³-hybridized carbons (Fsp3) is 0.0909. The molecular formula is C22H15F3N2O2. The van der Waals surface area contributed by atoms with Gasteiger partial charge in [-0.05, 0) is 41.0 Å². The van der Waals surface area contributed by atoms with Crippen molar-refractivity contribution in [2.45, 2.75) is 12.7 Å². The van der Waals surface area contributed by atoms with Crippen molar-refractivity contribution in [3.63, 3.8) is 0 Å². The van der Waals surface area contributed by atoms with Crippen molar-refractivity contribution < 1.29 is 22.8 Å². The number of hydrogen-bond acceptors (Lipinski definition) is 2. The van der Waals surface area contributed by atoms with Crippen molar-refractivity contribution in [1.29, 1.82) is 0 Å². The van der Waals surface area contributed by atoms with Crippen LogP contribution in [0.25, 0.3) is 11.1 Å². The number of rotatable bonds is 3. The SMILES string of the molecule is O=C(Nc1ccc(-c2ccccc2C(F)(F)F)c2c1C(=O)NC2)c1ccccc1. The van der Waals surface area contributed by atoms with Gasteiger partial charge in [0.05, 0.1) is 16.8 Å². The van der Waals surface area contributed by atoms with Gasteiger partial charge in [0.25, 0.3) is 11.8 Å². The van der Waals surface area contributed by atoms with Crippen molar-refractivity contribution in [2.75, 3.05) is 5.32 Å². The molecule has 0 saturated carbocycles. The molecule has 29 heavy (non-hydrogen) atoms. The first kappa shape index (κ1) is 18.7. The highest BCUT2D eigenvalue weighted by molar-refractivity contribution is 6.11. The number of carbonyl (C=O) groups excluding carboxylic acids is 2. The van der Waals surface area contributed by atoms with Crippen LogP contribution in [0.15, 0.2) is 66.7 Å². The van der Waals surface area contributed by atoms with Crippen LogP contribution in [-0.4, -0.2) is 11.8 Å². The Labute approximate surface area is 164 Å². The third kappa shape index (κ3) is 3.47. The number of anilines is 1. The van der Waals surface area contributed by atoms with E-state index in [1.54, 1.807) is 30.3 Å². The number of carbonyl (C=O) groups is 2. The highest BCUT2D eigenvalue weighted by Gasteiger charge is 2.35. The Morgan fingerprint density at radius 1 is 0.897 bits per heavy atom. The molecule has 2 amide bonds. The highest BCUT2D eigenvalue weighted by atomic mass is 19.4. The second kappa shape index (κ2) is 7.09. The fourth-order valence-electron chi connectivity index (χ4n) is 3.45. The molecule has 146 valence electrons. The largest absolute Gasteiger partial charge is 0.417 e. The van der Waals surface area contributed by atoms with Crippen LogP contribution in [0.3, 0.4) is 0 Å². The van der Waals surface area contributed by atoms with Gasteiger partial charge in [-0.3, -0.25) is 9.59 Å². The van der Waals surface area contributed by atoms with E-state index in [9.17, 15) is 22.8 Å². The van der Waals surface area contributed by atoms with E-state index in [-0.39, 0.29) is 23.4 Å². The van der Waals surface area contributed by atoms with Crippen LogP contribution in [0.4, 0.5) is 18.9 Å². The molecule has 1 heterocycles. The molecule has 1 aliphatic rings. The Morgan fingerprint density at radius 2 is 1.59 bits per heavy atom. The third-order valence-electron chi connectivity index (χ3n) is 4.77. The van der Waals surface area contributed by atoms with Gasteiger partial charge in [-0.15, -0.1) is 0 Å². The normalized spacial score (nSPS) is 13.0. The van der Waals surface area contributed by atoms with Crippen LogP contribution >= 0.6 is 0 Å². The predicted molar refractivity (Wildman–Crippen MR) is 102 cm³/mol. The van der Waals surface area contributed by atoms with Crippen LogP contribution in [0, 0.1) is 0 Å². The average Bonchev–Trinajstić information content (AvgIpc) is 3.10. The van der Waals surface area contributed by atoms with E-state index in [2.05, 4.69) is 10.6 Å². The van der Waals surface area contributed by atoms with Gasteiger partial charge in [0.1, 0.15) is 0 Å². The number of alkyl halides is 3. The van der Waals surface area contributed by atoms with Crippen LogP contribution in [0.1, 0.15) is 31.8 Å². The smallest absolute Gasteiger partial charge is 0.348 e. The summed E-state index contributed by atoms with van der Waals surface area (Å²) in [4.78, 5) is 24.9. The zero-order chi connectivity index (χ0) is 20.6. The van der Waals surface area contributed by atoms with E-state index in [4.69, 9.17) is 0 Å². The van der Waals surface area contributed by atoms with Gasteiger partial charge in [-0.25, -0.2) is 0 Å². The van der Waals surface area contributed by atoms with Gasteiger partial charge in [0, 0.05) is 12.1 Å². The summed E-state index contributed by atoms with van der Waals surface area (Å²) >= 11 is 0. The lowest BCUT2D eigenvalue weighted by atomic mass is 9.92. The minimum atomic E-state index is -4.53. The minimum Gasteiger partial charge on any atom is -0.348 e. The molecule has 0 fully saturated rings. The van der Waals surface area contributed by atoms with Crippen molar-refractivity contribution in [3.8, 4) is 11.1 Å². The average molecular weight is 396 g/mol. The lowest BCUT2D eigenvalue weighted by Gasteiger charge is -2.16. The Bertz CT molecular complexity index is 1110. The molecule has 3 aromatic rings. The number of hydrogen-bond donors (Lipinski definition) is 2. The molecule has 2 N–H and O–H groups in total. The maximum absolute atomic E-state index is 13.5. The maximum atomic E-state index is 13.5. The molecule has 1 aliphatic heterocycles. The van der Waals surface area contributed by atoms with Crippen LogP contribution < -0.4 is 10.6 Å². The first-order valence-corrected chi connectivity index (χ1v) is 8.83. The Kier molecular flexibility index (Phi) is 4.58. The van der Waals surface area contributed by atoms with E-state index in [1.807, 2.05) is 0 Å². The van der Waals surface area contributed by atoms with E-state index < -0.39 is 23.6 Å². The summed E-state index contributed by atoms with van der Waals surface area (Å²) < 4.78 is 40.4. The van der Waals surface area contributed by atoms with Crippen molar-refractivity contribution >= 4 is 17.5 Å². The second-order valence-electron chi connectivity index (χ2n) is 6.56. The topological polar surface area (TPSA) is 58.2 Å². The number of amides is 2. The lowest BCUT2D eigenvalue weighted by molar-refractivity contribution is -0.137. The highest BCUT2D eigenvalue weighted by Crippen LogP contribution is 2.41. The van der Waals surface area contributed by atoms with E-state index in [1.165, 1.54) is 30.3 Å². The van der Waals surface area contributed by atoms with E-state index in [0.717, 1.165) is 6.07 Å². The molecule has 4 rings (SSSR count). The van der Waals surface area contributed by atoms with Gasteiger partial charge >= 0.3 is 6.18 Å². The monoisotopic (exact) mass is 396 g/mol. The van der Waals surface area contributed by atoms with Crippen molar-refractivity contribution in [1.82, 2.24) is 5.32 Å². The van der Waals surface area contributed by atoms with Gasteiger partial charge in [0.2, 0.25) is 0 Å². The summed E-state index contributed by atoms with van der Waals surface area (Å²) in [6, 6.07) is 16.7. The zero-order valence-corrected chi connectivity index (χ0v) is 15.0. The van der Waals surface area contributed by atoms with Gasteiger partial charge in [-0.2, -0.15) is 13.2 Å². The minimum absolute atomic E-state index is 0.00585. The fourth-order valence-corrected chi connectivity index (χ4v) is 3.45. The Hall–Kier alpha value is -3.61. The number of halogens is 3. The maximum Gasteiger partial charge on any atom is 0.417 e. The quantitative estimate of drug-likeness (QED) is 0.664. The van der Waals surface area contributed by atoms with Crippen LogP contribution in [0.2, 0.25) is 0 Å². The molecule has 0 radical (unpaired) electrons. The lowest BCUT2D eigenvalue weighted by Crippen LogP contribution is -2.17. The first-order valence-electron chi connectivity index (χ1n) is 8.83. The van der Waals surface area contributed by atoms with E-state index in [0.29, 0.717) is 16.7 Å². The molecule has 4 nitrogen and oxygen atoms in total. The van der Waals surface area contributed by atoms with Gasteiger partial charge < -0.3 is 10.6 Å². The van der Waals surface area contributed by atoms with Crippen molar-refractivity contribution in [3.05, 3.63) is 89.0 Å². The summed E-state index contributed by atoms with van der Waals surface area (Å²) in [7, 11) is 0. The third-order valence-corrected chi connectivity index (χ3v) is 4.77. The predicted octanol–water partition coefficient (Wildman–Crippen LogP) is 4.87. The Morgan fingerprint density at radius 3 is 2.31 bits per heavy atom. The Balaban J connectivity index is 1.80. The molecular weight excluding hydrogens is 381 g/mol.